The number of hydrogen-bond donors (Lipinski definition) is 1. The second-order valence-electron chi connectivity index (χ2n) is 6.97. The molecule has 5 nitrogen and oxygen atoms in total. The Morgan fingerprint density at radius 1 is 1.00 bits per heavy atom. The van der Waals surface area contributed by atoms with Crippen molar-refractivity contribution in [3.8, 4) is 16.9 Å². The van der Waals surface area contributed by atoms with Crippen molar-refractivity contribution in [1.29, 1.82) is 0 Å². The Morgan fingerprint density at radius 3 is 2.30 bits per heavy atom. The second-order valence-corrected chi connectivity index (χ2v) is 8.25. The fraction of sp³-hybridized carbons (Fsp3) is 0.0417. The van der Waals surface area contributed by atoms with Gasteiger partial charge < -0.3 is 10.2 Å². The molecule has 0 spiro atoms. The highest BCUT2D eigenvalue weighted by molar-refractivity contribution is 6.35. The van der Waals surface area contributed by atoms with Gasteiger partial charge in [-0.15, -0.1) is 0 Å². The highest BCUT2D eigenvalue weighted by Crippen LogP contribution is 2.34. The first-order valence-corrected chi connectivity index (χ1v) is 10.7. The number of carbonyl (C=O) groups excluding carboxylic acids is 1. The van der Waals surface area contributed by atoms with Gasteiger partial charge in [0.05, 0.1) is 22.0 Å². The van der Waals surface area contributed by atoms with Crippen LogP contribution in [-0.2, 0) is 6.54 Å². The van der Waals surface area contributed by atoms with Crippen molar-refractivity contribution in [2.45, 2.75) is 6.54 Å². The van der Waals surface area contributed by atoms with E-state index >= 15 is 0 Å². The van der Waals surface area contributed by atoms with Crippen LogP contribution >= 0.6 is 34.8 Å². The zero-order chi connectivity index (χ0) is 23.5. The van der Waals surface area contributed by atoms with Gasteiger partial charge in [0.1, 0.15) is 5.82 Å². The Kier molecular flexibility index (Phi) is 6.66. The predicted octanol–water partition coefficient (Wildman–Crippen LogP) is 7.31. The molecule has 0 radical (unpaired) electrons. The van der Waals surface area contributed by atoms with Gasteiger partial charge in [-0.1, -0.05) is 46.9 Å². The lowest BCUT2D eigenvalue weighted by atomic mass is 10.0. The Balaban J connectivity index is 1.91. The largest absolute Gasteiger partial charge is 0.321 e. The summed E-state index contributed by atoms with van der Waals surface area (Å²) in [6.07, 6.45) is 0. The number of hydrogen-bond acceptors (Lipinski definition) is 2. The lowest BCUT2D eigenvalue weighted by Gasteiger charge is -2.10. The van der Waals surface area contributed by atoms with Crippen LogP contribution in [0.25, 0.3) is 21.8 Å². The van der Waals surface area contributed by atoms with E-state index in [0.29, 0.717) is 43.3 Å². The summed E-state index contributed by atoms with van der Waals surface area (Å²) >= 11 is 18.6. The topological polar surface area (TPSA) is 51.3 Å². The molecular formula is C24H14Cl3FN4O. The molecule has 1 N–H and O–H groups in total. The van der Waals surface area contributed by atoms with Gasteiger partial charge >= 0.3 is 0 Å². The number of anilines is 1. The number of halogens is 4. The molecule has 1 heterocycles. The van der Waals surface area contributed by atoms with E-state index in [2.05, 4.69) is 15.3 Å². The van der Waals surface area contributed by atoms with Crippen molar-refractivity contribution in [3.63, 3.8) is 0 Å². The number of aromatic nitrogens is 2. The van der Waals surface area contributed by atoms with Crippen molar-refractivity contribution in [1.82, 2.24) is 9.78 Å². The van der Waals surface area contributed by atoms with Crippen molar-refractivity contribution in [2.75, 3.05) is 5.32 Å². The molecule has 0 unspecified atom stereocenters. The lowest BCUT2D eigenvalue weighted by molar-refractivity contribution is 0.102. The molecule has 9 heteroatoms. The summed E-state index contributed by atoms with van der Waals surface area (Å²) in [5.74, 6) is -0.965. The molecule has 3 aromatic carbocycles. The van der Waals surface area contributed by atoms with Crippen LogP contribution in [0, 0.1) is 12.4 Å². The predicted molar refractivity (Wildman–Crippen MR) is 129 cm³/mol. The van der Waals surface area contributed by atoms with E-state index in [1.807, 2.05) is 0 Å². The van der Waals surface area contributed by atoms with Gasteiger partial charge in [0.15, 0.2) is 5.69 Å². The van der Waals surface area contributed by atoms with Crippen LogP contribution in [-0.4, -0.2) is 15.7 Å². The zero-order valence-corrected chi connectivity index (χ0v) is 19.1. The summed E-state index contributed by atoms with van der Waals surface area (Å²) in [4.78, 5) is 16.7. The molecular weight excluding hydrogens is 486 g/mol. The molecule has 164 valence electrons. The number of carbonyl (C=O) groups is 1. The monoisotopic (exact) mass is 498 g/mol. The van der Waals surface area contributed by atoms with Gasteiger partial charge in [0, 0.05) is 21.3 Å². The highest BCUT2D eigenvalue weighted by Gasteiger charge is 2.27. The van der Waals surface area contributed by atoms with Crippen molar-refractivity contribution in [3.05, 3.63) is 110 Å². The molecule has 0 aliphatic heterocycles. The number of benzene rings is 3. The molecule has 0 aliphatic rings. The third-order valence-electron chi connectivity index (χ3n) is 4.79. The first-order valence-electron chi connectivity index (χ1n) is 9.61. The van der Waals surface area contributed by atoms with E-state index in [-0.39, 0.29) is 12.2 Å². The standard InChI is InChI=1S/C24H14Cl3FN4O/c1-29-13-19-22(24(33)30-18-9-7-17(28)8-10-18)31-32(21-11-6-16(26)12-20(21)27)23(19)14-2-4-15(25)5-3-14/h2-12H,13H2,(H,30,33). The Bertz CT molecular complexity index is 1380. The summed E-state index contributed by atoms with van der Waals surface area (Å²) in [6.45, 7) is 7.35. The van der Waals surface area contributed by atoms with Gasteiger partial charge in [-0.3, -0.25) is 4.79 Å². The van der Waals surface area contributed by atoms with E-state index in [1.165, 1.54) is 28.9 Å². The zero-order valence-electron chi connectivity index (χ0n) is 16.8. The first kappa shape index (κ1) is 22.8. The maximum Gasteiger partial charge on any atom is 0.276 e. The minimum absolute atomic E-state index is 0.0475. The molecule has 0 fully saturated rings. The summed E-state index contributed by atoms with van der Waals surface area (Å²) < 4.78 is 14.8. The second kappa shape index (κ2) is 9.63. The van der Waals surface area contributed by atoms with Gasteiger partial charge in [0.2, 0.25) is 6.54 Å². The van der Waals surface area contributed by atoms with E-state index in [4.69, 9.17) is 41.4 Å². The van der Waals surface area contributed by atoms with E-state index in [1.54, 1.807) is 42.5 Å². The maximum absolute atomic E-state index is 13.2. The van der Waals surface area contributed by atoms with E-state index < -0.39 is 11.7 Å². The third-order valence-corrected chi connectivity index (χ3v) is 5.58. The fourth-order valence-corrected chi connectivity index (χ4v) is 3.93. The van der Waals surface area contributed by atoms with Crippen molar-refractivity contribution >= 4 is 46.4 Å². The normalized spacial score (nSPS) is 10.6. The summed E-state index contributed by atoms with van der Waals surface area (Å²) in [6, 6.07) is 17.2. The quantitative estimate of drug-likeness (QED) is 0.293. The molecule has 0 aliphatic carbocycles. The number of nitrogens with one attached hydrogen (secondary N) is 1. The van der Waals surface area contributed by atoms with E-state index in [0.717, 1.165) is 0 Å². The lowest BCUT2D eigenvalue weighted by Crippen LogP contribution is -2.14. The van der Waals surface area contributed by atoms with Crippen LogP contribution in [0.2, 0.25) is 15.1 Å². The van der Waals surface area contributed by atoms with Gasteiger partial charge in [-0.25, -0.2) is 15.6 Å². The number of nitrogens with zero attached hydrogens (tertiary/aromatic N) is 3. The number of amides is 1. The molecule has 0 bridgehead atoms. The van der Waals surface area contributed by atoms with Crippen LogP contribution in [0.1, 0.15) is 16.1 Å². The van der Waals surface area contributed by atoms with Crippen LogP contribution < -0.4 is 5.32 Å². The average molecular weight is 500 g/mol. The molecule has 1 amide bonds. The Labute approximate surface area is 204 Å². The summed E-state index contributed by atoms with van der Waals surface area (Å²) in [5, 5.41) is 8.53. The van der Waals surface area contributed by atoms with Crippen LogP contribution in [0.15, 0.2) is 66.7 Å². The molecule has 4 rings (SSSR count). The molecule has 33 heavy (non-hydrogen) atoms. The third kappa shape index (κ3) is 4.86. The van der Waals surface area contributed by atoms with Crippen molar-refractivity contribution in [2.24, 2.45) is 0 Å². The molecule has 0 saturated heterocycles. The van der Waals surface area contributed by atoms with Gasteiger partial charge in [-0.2, -0.15) is 5.10 Å². The van der Waals surface area contributed by atoms with Gasteiger partial charge in [0.25, 0.3) is 5.91 Å². The van der Waals surface area contributed by atoms with E-state index in [9.17, 15) is 9.18 Å². The maximum atomic E-state index is 13.2. The summed E-state index contributed by atoms with van der Waals surface area (Å²) in [5.41, 5.74) is 2.55. The Hall–Kier alpha value is -3.37. The van der Waals surface area contributed by atoms with Crippen LogP contribution in [0.4, 0.5) is 10.1 Å². The minimum Gasteiger partial charge on any atom is -0.321 e. The van der Waals surface area contributed by atoms with Crippen molar-refractivity contribution < 1.29 is 9.18 Å². The SMILES string of the molecule is [C-]#[N+]Cc1c(C(=O)Nc2ccc(F)cc2)nn(-c2ccc(Cl)cc2Cl)c1-c1ccc(Cl)cc1. The Morgan fingerprint density at radius 2 is 1.67 bits per heavy atom. The molecule has 0 atom stereocenters. The van der Waals surface area contributed by atoms with Crippen LogP contribution in [0.3, 0.4) is 0 Å². The fourth-order valence-electron chi connectivity index (χ4n) is 3.32. The number of rotatable bonds is 5. The first-order chi connectivity index (χ1) is 15.9. The highest BCUT2D eigenvalue weighted by atomic mass is 35.5. The molecule has 1 aromatic heterocycles. The van der Waals surface area contributed by atoms with Gasteiger partial charge in [-0.05, 0) is 54.6 Å². The smallest absolute Gasteiger partial charge is 0.276 e. The van der Waals surface area contributed by atoms with Crippen LogP contribution in [0.5, 0.6) is 0 Å². The molecule has 0 saturated carbocycles. The average Bonchev–Trinajstić information content (AvgIpc) is 3.15. The summed E-state index contributed by atoms with van der Waals surface area (Å²) in [7, 11) is 0. The molecule has 4 aromatic rings. The minimum atomic E-state index is -0.542.